The Bertz CT molecular complexity index is 689. The van der Waals surface area contributed by atoms with Crippen molar-refractivity contribution in [1.29, 1.82) is 0 Å². The summed E-state index contributed by atoms with van der Waals surface area (Å²) in [6, 6.07) is 1.89. The summed E-state index contributed by atoms with van der Waals surface area (Å²) in [5, 5.41) is 14.2. The van der Waals surface area contributed by atoms with Crippen molar-refractivity contribution in [2.24, 2.45) is 12.0 Å². The van der Waals surface area contributed by atoms with Gasteiger partial charge in [0.05, 0.1) is 24.1 Å². The molecule has 1 saturated heterocycles. The summed E-state index contributed by atoms with van der Waals surface area (Å²) in [5.74, 6) is 0.743. The second kappa shape index (κ2) is 6.51. The molecule has 1 fully saturated rings. The van der Waals surface area contributed by atoms with E-state index in [0.717, 1.165) is 11.4 Å². The van der Waals surface area contributed by atoms with Gasteiger partial charge in [0.25, 0.3) is 0 Å². The summed E-state index contributed by atoms with van der Waals surface area (Å²) in [5.41, 5.74) is 1.80. The van der Waals surface area contributed by atoms with Crippen molar-refractivity contribution in [1.82, 2.24) is 30.2 Å². The number of nitrogens with one attached hydrogen (secondary N) is 2. The summed E-state index contributed by atoms with van der Waals surface area (Å²) in [4.78, 5) is 20.4. The average molecular weight is 316 g/mol. The highest BCUT2D eigenvalue weighted by atomic mass is 16.2. The Morgan fingerprint density at radius 2 is 2.35 bits per heavy atom. The molecule has 2 aromatic heterocycles. The van der Waals surface area contributed by atoms with Crippen LogP contribution in [0, 0.1) is 0 Å². The molecule has 122 valence electrons. The third-order valence-electron chi connectivity index (χ3n) is 3.73. The molecule has 0 unspecified atom stereocenters. The van der Waals surface area contributed by atoms with Crippen LogP contribution < -0.4 is 10.2 Å². The molecule has 1 aliphatic heterocycles. The number of aryl methyl sites for hydroxylation is 1. The maximum atomic E-state index is 12.4. The Labute approximate surface area is 134 Å². The van der Waals surface area contributed by atoms with Crippen LogP contribution in [-0.2, 0) is 18.4 Å². The number of rotatable bonds is 3. The monoisotopic (exact) mass is 316 g/mol. The number of guanidine groups is 1. The first-order valence-electron chi connectivity index (χ1n) is 7.40. The zero-order valence-electron chi connectivity index (χ0n) is 13.2. The number of anilines is 1. The van der Waals surface area contributed by atoms with Gasteiger partial charge < -0.3 is 15.1 Å². The van der Waals surface area contributed by atoms with Gasteiger partial charge in [-0.3, -0.25) is 19.6 Å². The largest absolute Gasteiger partial charge is 0.351 e. The maximum absolute atomic E-state index is 12.4. The van der Waals surface area contributed by atoms with Gasteiger partial charge in [-0.15, -0.1) is 0 Å². The number of aliphatic imine (C=N–C) groups is 1. The molecule has 0 aromatic carbocycles. The second-order valence-corrected chi connectivity index (χ2v) is 5.32. The molecule has 0 atom stereocenters. The highest BCUT2D eigenvalue weighted by molar-refractivity contribution is 5.98. The number of carbonyl (C=O) groups excluding carboxylic acids is 1. The first kappa shape index (κ1) is 15.1. The van der Waals surface area contributed by atoms with Crippen molar-refractivity contribution in [3.8, 4) is 0 Å². The number of carbonyl (C=O) groups is 1. The van der Waals surface area contributed by atoms with E-state index in [1.807, 2.05) is 24.2 Å². The molecule has 0 radical (unpaired) electrons. The van der Waals surface area contributed by atoms with Crippen molar-refractivity contribution in [3.05, 3.63) is 30.4 Å². The Balaban J connectivity index is 1.60. The van der Waals surface area contributed by atoms with Crippen LogP contribution in [0.2, 0.25) is 0 Å². The van der Waals surface area contributed by atoms with Crippen LogP contribution in [0.15, 0.2) is 29.6 Å². The molecule has 23 heavy (non-hydrogen) atoms. The number of H-pyrrole nitrogens is 1. The van der Waals surface area contributed by atoms with Crippen molar-refractivity contribution >= 4 is 17.6 Å². The first-order chi connectivity index (χ1) is 11.2. The molecule has 0 bridgehead atoms. The Morgan fingerprint density at radius 3 is 2.96 bits per heavy atom. The third kappa shape index (κ3) is 3.33. The predicted octanol–water partition coefficient (Wildman–Crippen LogP) is -0.433. The molecule has 2 N–H and O–H groups in total. The zero-order valence-corrected chi connectivity index (χ0v) is 13.2. The lowest BCUT2D eigenvalue weighted by atomic mass is 10.3. The van der Waals surface area contributed by atoms with Crippen LogP contribution >= 0.6 is 0 Å². The minimum absolute atomic E-state index is 0.0359. The van der Waals surface area contributed by atoms with Crippen LogP contribution in [0.1, 0.15) is 5.69 Å². The van der Waals surface area contributed by atoms with Crippen molar-refractivity contribution in [2.75, 3.05) is 31.6 Å². The highest BCUT2D eigenvalue weighted by Crippen LogP contribution is 2.16. The molecule has 9 nitrogen and oxygen atoms in total. The van der Waals surface area contributed by atoms with E-state index in [9.17, 15) is 4.79 Å². The molecular weight excluding hydrogens is 296 g/mol. The number of hydrogen-bond donors (Lipinski definition) is 2. The van der Waals surface area contributed by atoms with Crippen LogP contribution in [-0.4, -0.2) is 63.4 Å². The van der Waals surface area contributed by atoms with Crippen molar-refractivity contribution in [2.45, 2.75) is 6.54 Å². The highest BCUT2D eigenvalue weighted by Gasteiger charge is 2.27. The number of hydrogen-bond acceptors (Lipinski definition) is 4. The molecule has 3 heterocycles. The minimum atomic E-state index is 0.0359. The van der Waals surface area contributed by atoms with Gasteiger partial charge in [-0.2, -0.15) is 10.2 Å². The third-order valence-corrected chi connectivity index (χ3v) is 3.73. The maximum Gasteiger partial charge on any atom is 0.246 e. The van der Waals surface area contributed by atoms with Crippen LogP contribution in [0.4, 0.5) is 5.69 Å². The fourth-order valence-electron chi connectivity index (χ4n) is 2.56. The number of aromatic amines is 1. The molecule has 3 rings (SSSR count). The van der Waals surface area contributed by atoms with Crippen LogP contribution in [0.5, 0.6) is 0 Å². The minimum Gasteiger partial charge on any atom is -0.351 e. The quantitative estimate of drug-likeness (QED) is 0.592. The molecule has 0 aliphatic carbocycles. The van der Waals surface area contributed by atoms with Gasteiger partial charge in [0, 0.05) is 39.6 Å². The number of amides is 1. The van der Waals surface area contributed by atoms with Crippen LogP contribution in [0.25, 0.3) is 0 Å². The molecule has 0 spiro atoms. The second-order valence-electron chi connectivity index (χ2n) is 5.32. The lowest BCUT2D eigenvalue weighted by Gasteiger charge is -2.35. The van der Waals surface area contributed by atoms with E-state index in [1.165, 1.54) is 0 Å². The predicted molar refractivity (Wildman–Crippen MR) is 85.9 cm³/mol. The molecular formula is C14H20N8O. The Hall–Kier alpha value is -2.84. The summed E-state index contributed by atoms with van der Waals surface area (Å²) in [7, 11) is 3.55. The van der Waals surface area contributed by atoms with Crippen LogP contribution in [0.3, 0.4) is 0 Å². The number of aromatic nitrogens is 4. The standard InChI is InChI=1S/C14H20N8O/c1-15-14(16-7-11-3-4-17-19-11)21-5-6-22(13(23)10-21)12-8-18-20(2)9-12/h3-4,8-9H,5-7,10H2,1-2H3,(H,15,16)(H,17,19). The SMILES string of the molecule is CN=C(NCc1ccn[nH]1)N1CCN(c2cnn(C)c2)C(=O)C1. The van der Waals surface area contributed by atoms with Gasteiger partial charge >= 0.3 is 0 Å². The van der Waals surface area contributed by atoms with Crippen molar-refractivity contribution in [3.63, 3.8) is 0 Å². The first-order valence-corrected chi connectivity index (χ1v) is 7.40. The van der Waals surface area contributed by atoms with Gasteiger partial charge in [-0.25, -0.2) is 0 Å². The smallest absolute Gasteiger partial charge is 0.246 e. The van der Waals surface area contributed by atoms with Gasteiger partial charge in [-0.05, 0) is 6.07 Å². The zero-order chi connectivity index (χ0) is 16.2. The topological polar surface area (TPSA) is 94.4 Å². The van der Waals surface area contributed by atoms with Gasteiger partial charge in [0.15, 0.2) is 5.96 Å². The average Bonchev–Trinajstić information content (AvgIpc) is 3.20. The fourth-order valence-corrected chi connectivity index (χ4v) is 2.56. The number of nitrogens with zero attached hydrogens (tertiary/aromatic N) is 6. The molecule has 2 aromatic rings. The summed E-state index contributed by atoms with van der Waals surface area (Å²) < 4.78 is 1.69. The lowest BCUT2D eigenvalue weighted by Crippen LogP contribution is -2.55. The molecule has 1 aliphatic rings. The Morgan fingerprint density at radius 1 is 1.48 bits per heavy atom. The van der Waals surface area contributed by atoms with E-state index >= 15 is 0 Å². The van der Waals surface area contributed by atoms with Gasteiger partial charge in [0.1, 0.15) is 6.54 Å². The van der Waals surface area contributed by atoms with E-state index in [2.05, 4.69) is 25.6 Å². The summed E-state index contributed by atoms with van der Waals surface area (Å²) >= 11 is 0. The molecule has 0 saturated carbocycles. The summed E-state index contributed by atoms with van der Waals surface area (Å²) in [6.07, 6.45) is 5.26. The lowest BCUT2D eigenvalue weighted by molar-refractivity contribution is -0.120. The van der Waals surface area contributed by atoms with Gasteiger partial charge in [0.2, 0.25) is 5.91 Å². The number of piperazine rings is 1. The fraction of sp³-hybridized carbons (Fsp3) is 0.429. The molecule has 1 amide bonds. The summed E-state index contributed by atoms with van der Waals surface area (Å²) in [6.45, 7) is 2.19. The van der Waals surface area contributed by atoms with E-state index in [0.29, 0.717) is 25.6 Å². The van der Waals surface area contributed by atoms with E-state index in [4.69, 9.17) is 0 Å². The van der Waals surface area contributed by atoms with E-state index in [1.54, 1.807) is 29.0 Å². The van der Waals surface area contributed by atoms with Gasteiger partial charge in [-0.1, -0.05) is 0 Å². The van der Waals surface area contributed by atoms with E-state index < -0.39 is 0 Å². The molecule has 9 heteroatoms. The van der Waals surface area contributed by atoms with E-state index in [-0.39, 0.29) is 12.5 Å². The Kier molecular flexibility index (Phi) is 4.26. The normalized spacial score (nSPS) is 16.1. The van der Waals surface area contributed by atoms with Crippen molar-refractivity contribution < 1.29 is 4.79 Å².